The highest BCUT2D eigenvalue weighted by molar-refractivity contribution is 5.91. The third-order valence-corrected chi connectivity index (χ3v) is 6.51. The Balaban J connectivity index is -0.000000750. The van der Waals surface area contributed by atoms with Crippen molar-refractivity contribution in [3.63, 3.8) is 0 Å². The summed E-state index contributed by atoms with van der Waals surface area (Å²) in [4.78, 5) is 90.1. The van der Waals surface area contributed by atoms with Crippen LogP contribution >= 0.6 is 0 Å². The number of aliphatic carboxylic acids is 1. The summed E-state index contributed by atoms with van der Waals surface area (Å²) in [5.41, 5.74) is 4.30. The van der Waals surface area contributed by atoms with E-state index in [-0.39, 0.29) is 67.5 Å². The molecule has 4 N–H and O–H groups in total. The summed E-state index contributed by atoms with van der Waals surface area (Å²) in [6.07, 6.45) is 3.30. The Morgan fingerprint density at radius 3 is 1.29 bits per heavy atom. The van der Waals surface area contributed by atoms with Gasteiger partial charge in [-0.25, -0.2) is 0 Å². The van der Waals surface area contributed by atoms with Gasteiger partial charge in [-0.3, -0.25) is 38.4 Å². The van der Waals surface area contributed by atoms with Crippen molar-refractivity contribution >= 4 is 47.3 Å². The van der Waals surface area contributed by atoms with E-state index in [4.69, 9.17) is 20.3 Å². The zero-order chi connectivity index (χ0) is 40.5. The minimum atomic E-state index is -0.824. The molecule has 0 saturated carbocycles. The largest absolute Gasteiger partial charge is 0.481 e. The van der Waals surface area contributed by atoms with E-state index in [1.54, 1.807) is 69.2 Å². The first-order chi connectivity index (χ1) is 23.3. The Bertz CT molecular complexity index is 1120. The molecule has 0 fully saturated rings. The highest BCUT2D eigenvalue weighted by Crippen LogP contribution is 2.15. The average Bonchev–Trinajstić information content (AvgIpc) is 2.99. The Labute approximate surface area is 303 Å². The predicted octanol–water partition coefficient (Wildman–Crippen LogP) is 4.24. The lowest BCUT2D eigenvalue weighted by Crippen LogP contribution is -2.40. The van der Waals surface area contributed by atoms with Crippen LogP contribution in [0, 0.1) is 11.8 Å². The number of ketones is 2. The lowest BCUT2D eigenvalue weighted by molar-refractivity contribution is -0.161. The molecule has 0 aliphatic carbocycles. The molecule has 0 aliphatic heterocycles. The van der Waals surface area contributed by atoms with Gasteiger partial charge in [0.25, 0.3) is 0 Å². The number of unbranched alkanes of at least 4 members (excludes halogenated alkanes) is 2. The number of nitrogens with two attached hydrogens (primary N) is 1. The molecule has 0 aromatic rings. The van der Waals surface area contributed by atoms with Gasteiger partial charge < -0.3 is 35.1 Å². The number of carboxylic acid groups (broad SMARTS) is 1. The molecule has 0 unspecified atom stereocenters. The molecule has 15 nitrogen and oxygen atoms in total. The second-order valence-electron chi connectivity index (χ2n) is 14.2. The summed E-state index contributed by atoms with van der Waals surface area (Å²) in [6.45, 7) is 17.2. The number of carbonyl (C=O) groups is 8. The van der Waals surface area contributed by atoms with E-state index in [0.29, 0.717) is 32.1 Å². The minimum absolute atomic E-state index is 0.0126. The van der Waals surface area contributed by atoms with Crippen LogP contribution in [0.1, 0.15) is 133 Å². The van der Waals surface area contributed by atoms with Gasteiger partial charge in [0.1, 0.15) is 17.0 Å². The van der Waals surface area contributed by atoms with E-state index in [9.17, 15) is 38.4 Å². The summed E-state index contributed by atoms with van der Waals surface area (Å²) in [6, 6.07) is -1.19. The fourth-order valence-corrected chi connectivity index (χ4v) is 3.64. The molecular formula is C36H64N2O13. The van der Waals surface area contributed by atoms with E-state index in [1.165, 1.54) is 14.2 Å². The molecule has 0 aliphatic rings. The van der Waals surface area contributed by atoms with Crippen molar-refractivity contribution in [1.29, 1.82) is 0 Å². The molecule has 0 radical (unpaired) electrons. The van der Waals surface area contributed by atoms with Crippen LogP contribution in [0.15, 0.2) is 0 Å². The molecule has 0 rings (SSSR count). The molecular weight excluding hydrogens is 668 g/mol. The van der Waals surface area contributed by atoms with Crippen molar-refractivity contribution in [3.05, 3.63) is 0 Å². The second kappa shape index (κ2) is 26.9. The molecule has 0 aromatic carbocycles. The van der Waals surface area contributed by atoms with E-state index in [1.807, 2.05) is 0 Å². The molecule has 1 amide bonds. The average molecular weight is 733 g/mol. The topological polar surface area (TPSA) is 232 Å². The molecule has 4 atom stereocenters. The number of Topliss-reactive ketones (excluding diaryl/α,β-unsaturated/α-hetero) is 2. The Hall–Kier alpha value is -3.88. The summed E-state index contributed by atoms with van der Waals surface area (Å²) < 4.78 is 19.3. The van der Waals surface area contributed by atoms with Gasteiger partial charge in [0, 0.05) is 38.5 Å². The molecule has 0 saturated heterocycles. The fourth-order valence-electron chi connectivity index (χ4n) is 3.64. The van der Waals surface area contributed by atoms with Crippen LogP contribution in [-0.4, -0.2) is 89.9 Å². The zero-order valence-corrected chi connectivity index (χ0v) is 32.8. The zero-order valence-electron chi connectivity index (χ0n) is 32.8. The van der Waals surface area contributed by atoms with Crippen LogP contribution in [0.5, 0.6) is 0 Å². The molecule has 51 heavy (non-hydrogen) atoms. The number of nitrogens with one attached hydrogen (secondary N) is 1. The SMILES string of the molecule is COC(=O)CCCCC(=O)N[C@@H](C)C(=O)C[C@@H](C)C(=O)OC(C)(C)C.COC(=O)CCCCC(=O)O.C[C@H](N)C(=O)C[C@@H](C)C(=O)OC(C)(C)C. The maximum atomic E-state index is 12.1. The summed E-state index contributed by atoms with van der Waals surface area (Å²) >= 11 is 0. The highest BCUT2D eigenvalue weighted by Gasteiger charge is 2.26. The van der Waals surface area contributed by atoms with Crippen molar-refractivity contribution in [2.75, 3.05) is 14.2 Å². The van der Waals surface area contributed by atoms with Crippen molar-refractivity contribution in [1.82, 2.24) is 5.32 Å². The van der Waals surface area contributed by atoms with Gasteiger partial charge in [0.05, 0.1) is 38.1 Å². The highest BCUT2D eigenvalue weighted by atomic mass is 16.6. The normalized spacial score (nSPS) is 13.2. The van der Waals surface area contributed by atoms with Crippen LogP contribution < -0.4 is 11.1 Å². The molecule has 0 bridgehead atoms. The summed E-state index contributed by atoms with van der Waals surface area (Å²) in [5, 5.41) is 10.8. The number of ether oxygens (including phenoxy) is 4. The second-order valence-corrected chi connectivity index (χ2v) is 14.2. The number of carboxylic acids is 1. The van der Waals surface area contributed by atoms with Gasteiger partial charge in [-0.15, -0.1) is 0 Å². The smallest absolute Gasteiger partial charge is 0.309 e. The lowest BCUT2D eigenvalue weighted by atomic mass is 10.0. The standard InChI is InChI=1S/C18H31NO6.C11H21NO3.C7H12O4/c1-12(17(23)25-18(3,4)5)11-14(20)13(2)19-15(21)9-7-8-10-16(22)24-6;1-7(6-9(13)8(2)12)10(14)15-11(3,4)5;1-11-7(10)5-3-2-4-6(8)9/h12-13H,7-11H2,1-6H3,(H,19,21);7-8H,6,12H2,1-5H3;2-5H2,1H3,(H,8,9)/t12-,13+;7-,8+;/m11./s1. The third-order valence-electron chi connectivity index (χ3n) is 6.51. The number of hydrogen-bond donors (Lipinski definition) is 3. The van der Waals surface area contributed by atoms with Crippen LogP contribution in [0.2, 0.25) is 0 Å². The van der Waals surface area contributed by atoms with Gasteiger partial charge in [0.2, 0.25) is 5.91 Å². The van der Waals surface area contributed by atoms with E-state index >= 15 is 0 Å². The van der Waals surface area contributed by atoms with Crippen molar-refractivity contribution in [3.8, 4) is 0 Å². The molecule has 296 valence electrons. The molecule has 0 spiro atoms. The van der Waals surface area contributed by atoms with Gasteiger partial charge in [-0.2, -0.15) is 0 Å². The number of carbonyl (C=O) groups excluding carboxylic acids is 7. The van der Waals surface area contributed by atoms with Crippen molar-refractivity contribution in [2.45, 2.75) is 157 Å². The minimum Gasteiger partial charge on any atom is -0.481 e. The Kier molecular flexibility index (Phi) is 27.1. The van der Waals surface area contributed by atoms with E-state index < -0.39 is 47.1 Å². The number of amides is 1. The van der Waals surface area contributed by atoms with Gasteiger partial charge in [-0.1, -0.05) is 13.8 Å². The van der Waals surface area contributed by atoms with Crippen LogP contribution in [0.25, 0.3) is 0 Å². The fraction of sp³-hybridized carbons (Fsp3) is 0.778. The lowest BCUT2D eigenvalue weighted by Gasteiger charge is -2.22. The Morgan fingerprint density at radius 2 is 0.961 bits per heavy atom. The van der Waals surface area contributed by atoms with Crippen LogP contribution in [0.4, 0.5) is 0 Å². The number of methoxy groups -OCH3 is 2. The van der Waals surface area contributed by atoms with Crippen molar-refractivity contribution in [2.24, 2.45) is 17.6 Å². The molecule has 15 heteroatoms. The first kappa shape index (κ1) is 51.5. The first-order valence-electron chi connectivity index (χ1n) is 17.2. The van der Waals surface area contributed by atoms with Crippen molar-refractivity contribution < 1.29 is 62.4 Å². The quantitative estimate of drug-likeness (QED) is 0.0958. The van der Waals surface area contributed by atoms with Gasteiger partial charge in [0.15, 0.2) is 5.78 Å². The summed E-state index contributed by atoms with van der Waals surface area (Å²) in [7, 11) is 2.64. The molecule has 0 aromatic heterocycles. The predicted molar refractivity (Wildman–Crippen MR) is 189 cm³/mol. The number of rotatable bonds is 19. The van der Waals surface area contributed by atoms with Crippen LogP contribution in [-0.2, 0) is 57.3 Å². The van der Waals surface area contributed by atoms with E-state index in [0.717, 1.165) is 0 Å². The molecule has 0 heterocycles. The maximum Gasteiger partial charge on any atom is 0.309 e. The van der Waals surface area contributed by atoms with Gasteiger partial charge in [-0.05, 0) is 81.1 Å². The number of hydrogen-bond acceptors (Lipinski definition) is 13. The monoisotopic (exact) mass is 732 g/mol. The Morgan fingerprint density at radius 1 is 0.608 bits per heavy atom. The van der Waals surface area contributed by atoms with Gasteiger partial charge >= 0.3 is 29.8 Å². The van der Waals surface area contributed by atoms with Crippen LogP contribution in [0.3, 0.4) is 0 Å². The third kappa shape index (κ3) is 33.0. The summed E-state index contributed by atoms with van der Waals surface area (Å²) in [5.74, 6) is -3.77. The van der Waals surface area contributed by atoms with E-state index in [2.05, 4.69) is 14.8 Å². The maximum absolute atomic E-state index is 12.1. The first-order valence-corrected chi connectivity index (χ1v) is 17.2. The number of esters is 4.